The summed E-state index contributed by atoms with van der Waals surface area (Å²) in [5.74, 6) is 0.720. The second-order valence-electron chi connectivity index (χ2n) is 6.37. The van der Waals surface area contributed by atoms with Crippen molar-refractivity contribution in [3.63, 3.8) is 0 Å². The van der Waals surface area contributed by atoms with Gasteiger partial charge >= 0.3 is 10.4 Å². The standard InChI is InChI=1S/C18H27N3O3S/c1-8-9-21-15(6)17(14(5)19-21)20-25(22,23)18-11(2)10-16(24-7)12(3)13(18)4/h10H,8-9H2,1-7H3,(H-,20,22,23)/p+1. The molecule has 1 aromatic heterocycles. The van der Waals surface area contributed by atoms with Crippen LogP contribution in [-0.2, 0) is 21.2 Å². The quantitative estimate of drug-likeness (QED) is 0.751. The number of nitrogens with one attached hydrogen (secondary N) is 1. The van der Waals surface area contributed by atoms with Crippen LogP contribution in [0.4, 0.5) is 5.69 Å². The zero-order valence-electron chi connectivity index (χ0n) is 16.1. The van der Waals surface area contributed by atoms with Gasteiger partial charge in [0.1, 0.15) is 11.4 Å². The third-order valence-electron chi connectivity index (χ3n) is 4.53. The number of rotatable bonds is 6. The van der Waals surface area contributed by atoms with Crippen molar-refractivity contribution < 1.29 is 13.5 Å². The van der Waals surface area contributed by atoms with E-state index < -0.39 is 10.4 Å². The highest BCUT2D eigenvalue weighted by Gasteiger charge is 2.37. The van der Waals surface area contributed by atoms with E-state index in [1.54, 1.807) is 13.2 Å². The first kappa shape index (κ1) is 19.5. The first-order valence-corrected chi connectivity index (χ1v) is 9.88. The number of methoxy groups -OCH3 is 1. The predicted molar refractivity (Wildman–Crippen MR) is 102 cm³/mol. The van der Waals surface area contributed by atoms with Gasteiger partial charge in [-0.2, -0.15) is 14.4 Å². The molecule has 25 heavy (non-hydrogen) atoms. The number of aryl methyl sites for hydroxylation is 3. The molecule has 0 saturated carbocycles. The average molecular weight is 367 g/mol. The van der Waals surface area contributed by atoms with Gasteiger partial charge in [-0.05, 0) is 56.9 Å². The van der Waals surface area contributed by atoms with E-state index in [0.29, 0.717) is 16.3 Å². The number of hydrogen-bond donors (Lipinski definition) is 2. The molecule has 0 amide bonds. The van der Waals surface area contributed by atoms with Crippen molar-refractivity contribution >= 4 is 16.1 Å². The summed E-state index contributed by atoms with van der Waals surface area (Å²) in [5, 5.41) is 4.47. The van der Waals surface area contributed by atoms with Gasteiger partial charge in [0.15, 0.2) is 0 Å². The summed E-state index contributed by atoms with van der Waals surface area (Å²) in [7, 11) is -1.88. The maximum atomic E-state index is 13.2. The molecule has 0 aliphatic carbocycles. The molecule has 0 spiro atoms. The summed E-state index contributed by atoms with van der Waals surface area (Å²) in [4.78, 5) is 0.410. The van der Waals surface area contributed by atoms with Crippen LogP contribution in [0, 0.1) is 34.6 Å². The number of benzene rings is 1. The van der Waals surface area contributed by atoms with E-state index in [1.165, 1.54) is 0 Å². The normalized spacial score (nSPS) is 13.6. The minimum Gasteiger partial charge on any atom is -0.496 e. The van der Waals surface area contributed by atoms with Gasteiger partial charge in [0, 0.05) is 17.7 Å². The van der Waals surface area contributed by atoms with Gasteiger partial charge in [-0.1, -0.05) is 6.92 Å². The molecule has 138 valence electrons. The Labute approximate surface area is 151 Å². The van der Waals surface area contributed by atoms with Crippen molar-refractivity contribution in [2.75, 3.05) is 11.8 Å². The summed E-state index contributed by atoms with van der Waals surface area (Å²) in [6, 6.07) is 1.80. The van der Waals surface area contributed by atoms with Crippen LogP contribution >= 0.6 is 0 Å². The Balaban J connectivity index is 2.51. The van der Waals surface area contributed by atoms with Crippen LogP contribution in [0.2, 0.25) is 0 Å². The van der Waals surface area contributed by atoms with Crippen molar-refractivity contribution in [1.82, 2.24) is 9.78 Å². The third-order valence-corrected chi connectivity index (χ3v) is 6.19. The van der Waals surface area contributed by atoms with Gasteiger partial charge in [-0.15, -0.1) is 0 Å². The predicted octanol–water partition coefficient (Wildman–Crippen LogP) is 4.20. The number of aromatic nitrogens is 2. The molecule has 1 atom stereocenters. The number of nitrogens with zero attached hydrogens (tertiary/aromatic N) is 2. The molecule has 2 rings (SSSR count). The summed E-state index contributed by atoms with van der Waals surface area (Å²) < 4.78 is 34.1. The molecule has 2 aromatic rings. The van der Waals surface area contributed by atoms with Crippen LogP contribution in [0.5, 0.6) is 5.75 Å². The van der Waals surface area contributed by atoms with Crippen LogP contribution in [0.25, 0.3) is 0 Å². The van der Waals surface area contributed by atoms with E-state index in [2.05, 4.69) is 16.7 Å². The molecule has 7 heteroatoms. The van der Waals surface area contributed by atoms with Crippen LogP contribution in [-0.4, -0.2) is 21.4 Å². The Morgan fingerprint density at radius 3 is 2.44 bits per heavy atom. The maximum absolute atomic E-state index is 13.2. The molecule has 6 nitrogen and oxygen atoms in total. The van der Waals surface area contributed by atoms with Gasteiger partial charge in [-0.3, -0.25) is 4.68 Å². The molecular weight excluding hydrogens is 338 g/mol. The molecule has 0 fully saturated rings. The fraction of sp³-hybridized carbons (Fsp3) is 0.500. The third kappa shape index (κ3) is 3.57. The number of ether oxygens (including phenoxy) is 1. The molecule has 1 unspecified atom stereocenters. The second-order valence-corrected chi connectivity index (χ2v) is 8.04. The number of hydrogen-bond acceptors (Lipinski definition) is 3. The van der Waals surface area contributed by atoms with E-state index in [0.717, 1.165) is 41.1 Å². The first-order chi connectivity index (χ1) is 11.6. The van der Waals surface area contributed by atoms with Gasteiger partial charge in [0.2, 0.25) is 4.90 Å². The van der Waals surface area contributed by atoms with Crippen molar-refractivity contribution in [3.8, 4) is 5.75 Å². The molecule has 0 aliphatic heterocycles. The summed E-state index contributed by atoms with van der Waals surface area (Å²) >= 11 is 0. The lowest BCUT2D eigenvalue weighted by atomic mass is 10.1. The van der Waals surface area contributed by atoms with Crippen molar-refractivity contribution in [3.05, 3.63) is 34.1 Å². The minimum atomic E-state index is -3.48. The van der Waals surface area contributed by atoms with Crippen molar-refractivity contribution in [1.29, 1.82) is 0 Å². The molecule has 0 bridgehead atoms. The van der Waals surface area contributed by atoms with Crippen molar-refractivity contribution in [2.45, 2.75) is 59.4 Å². The Hall–Kier alpha value is -1.86. The lowest BCUT2D eigenvalue weighted by molar-refractivity contribution is 0.410. The van der Waals surface area contributed by atoms with E-state index >= 15 is 0 Å². The largest absolute Gasteiger partial charge is 0.496 e. The Bertz CT molecular complexity index is 843. The average Bonchev–Trinajstić information content (AvgIpc) is 2.78. The van der Waals surface area contributed by atoms with Crippen molar-refractivity contribution in [2.24, 2.45) is 0 Å². The Kier molecular flexibility index (Phi) is 5.58. The number of anilines is 1. The highest BCUT2D eigenvalue weighted by Crippen LogP contribution is 2.34. The highest BCUT2D eigenvalue weighted by molar-refractivity contribution is 7.99. The molecule has 0 saturated heterocycles. The zero-order valence-corrected chi connectivity index (χ0v) is 16.9. The molecular formula is C18H28N3O3S+. The van der Waals surface area contributed by atoms with Gasteiger partial charge in [-0.25, -0.2) is 0 Å². The van der Waals surface area contributed by atoms with Gasteiger partial charge in [0.05, 0.1) is 18.5 Å². The molecule has 2 N–H and O–H groups in total. The minimum absolute atomic E-state index is 0.410. The molecule has 0 aliphatic rings. The van der Waals surface area contributed by atoms with Gasteiger partial charge in [0.25, 0.3) is 0 Å². The summed E-state index contributed by atoms with van der Waals surface area (Å²) in [5.41, 5.74) is 4.54. The fourth-order valence-corrected chi connectivity index (χ4v) is 4.86. The van der Waals surface area contributed by atoms with E-state index in [4.69, 9.17) is 4.74 Å². The van der Waals surface area contributed by atoms with E-state index in [1.807, 2.05) is 39.3 Å². The fourth-order valence-electron chi connectivity index (χ4n) is 3.12. The Morgan fingerprint density at radius 1 is 1.24 bits per heavy atom. The summed E-state index contributed by atoms with van der Waals surface area (Å²) in [6.45, 7) is 12.2. The highest BCUT2D eigenvalue weighted by atomic mass is 32.3. The first-order valence-electron chi connectivity index (χ1n) is 8.37. The SMILES string of the molecule is CCCn1nc(C)c(N[S+](=O)(O)c2c(C)cc(OC)c(C)c2C)c1C. The van der Waals surface area contributed by atoms with Crippen LogP contribution in [0.1, 0.15) is 41.4 Å². The second kappa shape index (κ2) is 7.17. The molecule has 1 heterocycles. The zero-order chi connectivity index (χ0) is 18.9. The van der Waals surface area contributed by atoms with Crippen LogP contribution in [0.15, 0.2) is 11.0 Å². The molecule has 0 radical (unpaired) electrons. The lowest BCUT2D eigenvalue weighted by Gasteiger charge is -2.15. The Morgan fingerprint density at radius 2 is 1.88 bits per heavy atom. The van der Waals surface area contributed by atoms with E-state index in [-0.39, 0.29) is 0 Å². The van der Waals surface area contributed by atoms with Gasteiger partial charge < -0.3 is 4.74 Å². The topological polar surface area (TPSA) is 76.4 Å². The smallest absolute Gasteiger partial charge is 0.346 e. The van der Waals surface area contributed by atoms with Crippen LogP contribution < -0.4 is 9.46 Å². The maximum Gasteiger partial charge on any atom is 0.346 e. The molecule has 1 aromatic carbocycles. The monoisotopic (exact) mass is 366 g/mol. The lowest BCUT2D eigenvalue weighted by Crippen LogP contribution is -2.24. The summed E-state index contributed by atoms with van der Waals surface area (Å²) in [6.07, 6.45) is 0.950. The van der Waals surface area contributed by atoms with Crippen LogP contribution in [0.3, 0.4) is 0 Å². The van der Waals surface area contributed by atoms with E-state index in [9.17, 15) is 8.76 Å².